The molecule has 1 amide bonds. The zero-order chi connectivity index (χ0) is 20.9. The summed E-state index contributed by atoms with van der Waals surface area (Å²) in [5.74, 6) is 0.0298. The zero-order valence-electron chi connectivity index (χ0n) is 17.4. The molecule has 3 heterocycles. The first kappa shape index (κ1) is 19.0. The Morgan fingerprint density at radius 3 is 2.52 bits per heavy atom. The van der Waals surface area contributed by atoms with Gasteiger partial charge in [0.05, 0.1) is 17.4 Å². The van der Waals surface area contributed by atoms with Gasteiger partial charge in [-0.05, 0) is 58.0 Å². The fraction of sp³-hybridized carbons (Fsp3) is 0.318. The number of anilines is 1. The van der Waals surface area contributed by atoms with Crippen molar-refractivity contribution >= 4 is 28.1 Å². The number of imidazole rings is 1. The van der Waals surface area contributed by atoms with Gasteiger partial charge in [0.15, 0.2) is 0 Å². The van der Waals surface area contributed by atoms with E-state index in [-0.39, 0.29) is 18.0 Å². The van der Waals surface area contributed by atoms with Gasteiger partial charge in [0.25, 0.3) is 5.91 Å². The van der Waals surface area contributed by atoms with Gasteiger partial charge in [0, 0.05) is 42.0 Å². The molecule has 0 fully saturated rings. The number of aromatic nitrogens is 4. The molecule has 2 N–H and O–H groups in total. The van der Waals surface area contributed by atoms with Crippen molar-refractivity contribution in [3.05, 3.63) is 48.3 Å². The van der Waals surface area contributed by atoms with Crippen molar-refractivity contribution in [1.29, 1.82) is 0 Å². The van der Waals surface area contributed by atoms with Crippen molar-refractivity contribution in [2.75, 3.05) is 5.73 Å². The second-order valence-corrected chi connectivity index (χ2v) is 7.94. The summed E-state index contributed by atoms with van der Waals surface area (Å²) in [6, 6.07) is 9.74. The third-order valence-electron chi connectivity index (χ3n) is 5.22. The fourth-order valence-electron chi connectivity index (χ4n) is 3.97. The van der Waals surface area contributed by atoms with Crippen LogP contribution in [-0.2, 0) is 7.05 Å². The van der Waals surface area contributed by atoms with Gasteiger partial charge in [-0.25, -0.2) is 4.98 Å². The van der Waals surface area contributed by atoms with Crippen LogP contribution in [0.3, 0.4) is 0 Å². The predicted molar refractivity (Wildman–Crippen MR) is 116 cm³/mol. The standard InChI is InChI=1S/C22H26N6O/c1-13(2)28(14(3)4)22(29)15-6-8-17-18(10-15)26(5)25-21(17)19-11-24-20-9-7-16(23)12-27(19)20/h6-14H,23H2,1-5H3. The molecule has 0 saturated heterocycles. The first-order valence-corrected chi connectivity index (χ1v) is 9.80. The average molecular weight is 390 g/mol. The van der Waals surface area contributed by atoms with Crippen LogP contribution in [0.15, 0.2) is 42.7 Å². The van der Waals surface area contributed by atoms with Gasteiger partial charge in [-0.3, -0.25) is 13.9 Å². The summed E-state index contributed by atoms with van der Waals surface area (Å²) in [4.78, 5) is 19.5. The summed E-state index contributed by atoms with van der Waals surface area (Å²) in [6.45, 7) is 8.15. The molecule has 0 aliphatic heterocycles. The number of nitrogens with zero attached hydrogens (tertiary/aromatic N) is 5. The van der Waals surface area contributed by atoms with Crippen molar-refractivity contribution in [3.63, 3.8) is 0 Å². The van der Waals surface area contributed by atoms with Crippen molar-refractivity contribution in [1.82, 2.24) is 24.1 Å². The molecule has 150 valence electrons. The number of hydrogen-bond acceptors (Lipinski definition) is 4. The first-order valence-electron chi connectivity index (χ1n) is 9.80. The lowest BCUT2D eigenvalue weighted by Gasteiger charge is -2.30. The number of amides is 1. The van der Waals surface area contributed by atoms with Crippen LogP contribution in [-0.4, -0.2) is 42.1 Å². The van der Waals surface area contributed by atoms with E-state index in [4.69, 9.17) is 10.8 Å². The molecule has 0 radical (unpaired) electrons. The summed E-state index contributed by atoms with van der Waals surface area (Å²) >= 11 is 0. The van der Waals surface area contributed by atoms with Crippen LogP contribution in [0.4, 0.5) is 5.69 Å². The van der Waals surface area contributed by atoms with Crippen molar-refractivity contribution in [2.45, 2.75) is 39.8 Å². The number of carbonyl (C=O) groups excluding carboxylic acids is 1. The Hall–Kier alpha value is -3.35. The minimum absolute atomic E-state index is 0.0298. The second-order valence-electron chi connectivity index (χ2n) is 7.94. The number of carbonyl (C=O) groups is 1. The van der Waals surface area contributed by atoms with E-state index in [2.05, 4.69) is 4.98 Å². The van der Waals surface area contributed by atoms with Gasteiger partial charge in [0.1, 0.15) is 11.3 Å². The molecule has 1 aromatic carbocycles. The molecule has 0 bridgehead atoms. The molecule has 0 aliphatic rings. The van der Waals surface area contributed by atoms with E-state index in [9.17, 15) is 4.79 Å². The van der Waals surface area contributed by atoms with Crippen LogP contribution in [0.2, 0.25) is 0 Å². The van der Waals surface area contributed by atoms with Crippen molar-refractivity contribution in [3.8, 4) is 11.4 Å². The normalized spacial score (nSPS) is 11.8. The summed E-state index contributed by atoms with van der Waals surface area (Å²) in [7, 11) is 1.89. The summed E-state index contributed by atoms with van der Waals surface area (Å²) in [6.07, 6.45) is 3.65. The molecule has 0 atom stereocenters. The number of rotatable bonds is 4. The third-order valence-corrected chi connectivity index (χ3v) is 5.22. The smallest absolute Gasteiger partial charge is 0.254 e. The van der Waals surface area contributed by atoms with Crippen LogP contribution >= 0.6 is 0 Å². The zero-order valence-corrected chi connectivity index (χ0v) is 17.4. The van der Waals surface area contributed by atoms with Crippen molar-refractivity contribution in [2.24, 2.45) is 7.05 Å². The fourth-order valence-corrected chi connectivity index (χ4v) is 3.97. The number of nitrogen functional groups attached to an aromatic ring is 1. The maximum atomic E-state index is 13.1. The van der Waals surface area contributed by atoms with Gasteiger partial charge in [0.2, 0.25) is 0 Å². The van der Waals surface area contributed by atoms with Gasteiger partial charge < -0.3 is 10.6 Å². The lowest BCUT2D eigenvalue weighted by atomic mass is 10.1. The molecule has 0 unspecified atom stereocenters. The highest BCUT2D eigenvalue weighted by Crippen LogP contribution is 2.30. The topological polar surface area (TPSA) is 81.4 Å². The number of hydrogen-bond donors (Lipinski definition) is 1. The Morgan fingerprint density at radius 2 is 1.83 bits per heavy atom. The SMILES string of the molecule is CC(C)N(C(=O)c1ccc2c(-c3cnc4ccc(N)cn34)nn(C)c2c1)C(C)C. The highest BCUT2D eigenvalue weighted by Gasteiger charge is 2.23. The first-order chi connectivity index (χ1) is 13.8. The summed E-state index contributed by atoms with van der Waals surface area (Å²) < 4.78 is 3.75. The number of nitrogens with two attached hydrogens (primary N) is 1. The highest BCUT2D eigenvalue weighted by molar-refractivity contribution is 6.01. The molecular formula is C22H26N6O. The number of fused-ring (bicyclic) bond motifs is 2. The van der Waals surface area contributed by atoms with E-state index < -0.39 is 0 Å². The predicted octanol–water partition coefficient (Wildman–Crippen LogP) is 3.73. The van der Waals surface area contributed by atoms with Gasteiger partial charge in [-0.1, -0.05) is 0 Å². The number of aryl methyl sites for hydroxylation is 1. The van der Waals surface area contributed by atoms with Crippen LogP contribution in [0, 0.1) is 0 Å². The maximum Gasteiger partial charge on any atom is 0.254 e. The van der Waals surface area contributed by atoms with E-state index >= 15 is 0 Å². The molecule has 29 heavy (non-hydrogen) atoms. The Bertz CT molecular complexity index is 1210. The molecule has 0 spiro atoms. The van der Waals surface area contributed by atoms with Gasteiger partial charge >= 0.3 is 0 Å². The molecule has 7 nitrogen and oxygen atoms in total. The Balaban J connectivity index is 1.84. The van der Waals surface area contributed by atoms with E-state index in [1.807, 2.05) is 85.3 Å². The lowest BCUT2D eigenvalue weighted by molar-refractivity contribution is 0.0644. The van der Waals surface area contributed by atoms with Gasteiger partial charge in [-0.15, -0.1) is 0 Å². The van der Waals surface area contributed by atoms with Gasteiger partial charge in [-0.2, -0.15) is 5.10 Å². The van der Waals surface area contributed by atoms with E-state index in [1.54, 1.807) is 6.20 Å². The minimum atomic E-state index is 0.0298. The molecule has 4 aromatic rings. The Labute approximate surface area is 169 Å². The number of pyridine rings is 1. The Morgan fingerprint density at radius 1 is 1.10 bits per heavy atom. The van der Waals surface area contributed by atoms with Crippen LogP contribution in [0.25, 0.3) is 27.9 Å². The van der Waals surface area contributed by atoms with Crippen LogP contribution < -0.4 is 5.73 Å². The van der Waals surface area contributed by atoms with E-state index in [1.165, 1.54) is 0 Å². The minimum Gasteiger partial charge on any atom is -0.398 e. The average Bonchev–Trinajstić information content (AvgIpc) is 3.21. The lowest BCUT2D eigenvalue weighted by Crippen LogP contribution is -2.42. The monoisotopic (exact) mass is 390 g/mol. The molecule has 3 aromatic heterocycles. The quantitative estimate of drug-likeness (QED) is 0.576. The van der Waals surface area contributed by atoms with Crippen LogP contribution in [0.5, 0.6) is 0 Å². The summed E-state index contributed by atoms with van der Waals surface area (Å²) in [5.41, 5.74) is 10.7. The maximum absolute atomic E-state index is 13.1. The van der Waals surface area contributed by atoms with Crippen LogP contribution in [0.1, 0.15) is 38.1 Å². The number of benzene rings is 1. The largest absolute Gasteiger partial charge is 0.398 e. The molecule has 0 saturated carbocycles. The van der Waals surface area contributed by atoms with E-state index in [0.717, 1.165) is 27.9 Å². The third kappa shape index (κ3) is 3.12. The molecular weight excluding hydrogens is 364 g/mol. The Kier molecular flexibility index (Phi) is 4.53. The summed E-state index contributed by atoms with van der Waals surface area (Å²) in [5, 5.41) is 5.68. The second kappa shape index (κ2) is 6.92. The molecule has 4 rings (SSSR count). The van der Waals surface area contributed by atoms with E-state index in [0.29, 0.717) is 11.3 Å². The highest BCUT2D eigenvalue weighted by atomic mass is 16.2. The van der Waals surface area contributed by atoms with Crippen molar-refractivity contribution < 1.29 is 4.79 Å². The molecule has 7 heteroatoms. The molecule has 0 aliphatic carbocycles.